The fourth-order valence-corrected chi connectivity index (χ4v) is 4.60. The van der Waals surface area contributed by atoms with Gasteiger partial charge in [-0.3, -0.25) is 4.90 Å². The van der Waals surface area contributed by atoms with Gasteiger partial charge in [-0.15, -0.1) is 0 Å². The number of hydrogen-bond donors (Lipinski definition) is 1. The Labute approximate surface area is 120 Å². The molecule has 0 radical (unpaired) electrons. The third-order valence-electron chi connectivity index (χ3n) is 4.32. The number of piperidine rings is 1. The van der Waals surface area contributed by atoms with Crippen molar-refractivity contribution in [3.63, 3.8) is 0 Å². The highest BCUT2D eigenvalue weighted by atomic mass is 32.2. The van der Waals surface area contributed by atoms with Gasteiger partial charge in [0.05, 0.1) is 4.90 Å². The molecule has 20 heavy (non-hydrogen) atoms. The van der Waals surface area contributed by atoms with Crippen LogP contribution in [0, 0.1) is 0 Å². The Hall–Kier alpha value is -1.11. The van der Waals surface area contributed by atoms with E-state index >= 15 is 0 Å². The summed E-state index contributed by atoms with van der Waals surface area (Å²) < 4.78 is 26.9. The van der Waals surface area contributed by atoms with Crippen LogP contribution in [0.2, 0.25) is 0 Å². The van der Waals surface area contributed by atoms with Crippen LogP contribution in [0.3, 0.4) is 0 Å². The van der Waals surface area contributed by atoms with Gasteiger partial charge >= 0.3 is 0 Å². The minimum absolute atomic E-state index is 0.343. The molecule has 2 aliphatic heterocycles. The molecule has 1 aromatic carbocycles. The zero-order chi connectivity index (χ0) is 14.2. The van der Waals surface area contributed by atoms with Gasteiger partial charge in [0, 0.05) is 31.4 Å². The first-order valence-corrected chi connectivity index (χ1v) is 8.61. The van der Waals surface area contributed by atoms with Gasteiger partial charge in [0.2, 0.25) is 10.0 Å². The van der Waals surface area contributed by atoms with E-state index in [9.17, 15) is 8.42 Å². The first-order chi connectivity index (χ1) is 9.57. The number of rotatable bonds is 2. The highest BCUT2D eigenvalue weighted by molar-refractivity contribution is 7.89. The fourth-order valence-electron chi connectivity index (χ4n) is 3.13. The molecule has 0 bridgehead atoms. The first kappa shape index (κ1) is 13.9. The quantitative estimate of drug-likeness (QED) is 0.831. The molecule has 2 N–H and O–H groups in total. The third-order valence-corrected chi connectivity index (χ3v) is 6.20. The van der Waals surface area contributed by atoms with E-state index in [-0.39, 0.29) is 0 Å². The Balaban J connectivity index is 1.79. The summed E-state index contributed by atoms with van der Waals surface area (Å²) in [4.78, 5) is 2.77. The Kier molecular flexibility index (Phi) is 3.70. The molecular formula is C14H21N3O2S. The number of anilines is 1. The summed E-state index contributed by atoms with van der Waals surface area (Å²) in [7, 11) is -3.38. The maximum absolute atomic E-state index is 12.6. The molecule has 2 saturated heterocycles. The average molecular weight is 295 g/mol. The van der Waals surface area contributed by atoms with Crippen molar-refractivity contribution in [2.24, 2.45) is 0 Å². The maximum Gasteiger partial charge on any atom is 0.243 e. The normalized spacial score (nSPS) is 25.3. The molecule has 2 fully saturated rings. The topological polar surface area (TPSA) is 66.6 Å². The second-order valence-electron chi connectivity index (χ2n) is 5.62. The Morgan fingerprint density at radius 1 is 1.05 bits per heavy atom. The zero-order valence-electron chi connectivity index (χ0n) is 11.5. The summed E-state index contributed by atoms with van der Waals surface area (Å²) in [6.45, 7) is 3.16. The molecule has 2 aliphatic rings. The van der Waals surface area contributed by atoms with Crippen molar-refractivity contribution in [1.29, 1.82) is 0 Å². The molecule has 1 aromatic rings. The second kappa shape index (κ2) is 5.35. The van der Waals surface area contributed by atoms with E-state index in [0.717, 1.165) is 19.5 Å². The summed E-state index contributed by atoms with van der Waals surface area (Å²) in [5, 5.41) is 0. The molecule has 6 heteroatoms. The van der Waals surface area contributed by atoms with Crippen LogP contribution in [0.25, 0.3) is 0 Å². The van der Waals surface area contributed by atoms with Crippen LogP contribution in [0.4, 0.5) is 5.69 Å². The highest BCUT2D eigenvalue weighted by Gasteiger charge is 2.34. The maximum atomic E-state index is 12.6. The van der Waals surface area contributed by atoms with Crippen LogP contribution in [0.1, 0.15) is 19.3 Å². The Bertz CT molecular complexity index is 571. The van der Waals surface area contributed by atoms with Gasteiger partial charge < -0.3 is 5.73 Å². The summed E-state index contributed by atoms with van der Waals surface area (Å²) >= 11 is 0. The number of hydrogen-bond acceptors (Lipinski definition) is 4. The van der Waals surface area contributed by atoms with Crippen LogP contribution in [-0.4, -0.2) is 49.8 Å². The molecule has 1 atom stereocenters. The lowest BCUT2D eigenvalue weighted by atomic mass is 10.0. The van der Waals surface area contributed by atoms with Crippen LogP contribution in [-0.2, 0) is 10.0 Å². The number of nitrogen functional groups attached to an aromatic ring is 1. The minimum atomic E-state index is -3.38. The molecule has 3 rings (SSSR count). The minimum Gasteiger partial charge on any atom is -0.399 e. The number of nitrogens with two attached hydrogens (primary N) is 1. The molecule has 110 valence electrons. The predicted molar refractivity (Wildman–Crippen MR) is 78.8 cm³/mol. The van der Waals surface area contributed by atoms with E-state index in [4.69, 9.17) is 5.73 Å². The van der Waals surface area contributed by atoms with Gasteiger partial charge in [0.1, 0.15) is 0 Å². The van der Waals surface area contributed by atoms with E-state index in [0.29, 0.717) is 29.7 Å². The summed E-state index contributed by atoms with van der Waals surface area (Å²) in [5.74, 6) is 0. The zero-order valence-corrected chi connectivity index (χ0v) is 12.3. The summed E-state index contributed by atoms with van der Waals surface area (Å²) in [6.07, 6.45) is 3.55. The number of piperazine rings is 1. The lowest BCUT2D eigenvalue weighted by Gasteiger charge is -2.43. The first-order valence-electron chi connectivity index (χ1n) is 7.17. The van der Waals surface area contributed by atoms with E-state index in [1.165, 1.54) is 12.8 Å². The van der Waals surface area contributed by atoms with Gasteiger partial charge in [0.15, 0.2) is 0 Å². The molecular weight excluding hydrogens is 274 g/mol. The van der Waals surface area contributed by atoms with Crippen molar-refractivity contribution < 1.29 is 8.42 Å². The molecule has 0 aromatic heterocycles. The average Bonchev–Trinajstić information content (AvgIpc) is 2.47. The molecule has 2 heterocycles. The van der Waals surface area contributed by atoms with Gasteiger partial charge in [-0.1, -0.05) is 6.42 Å². The highest BCUT2D eigenvalue weighted by Crippen LogP contribution is 2.25. The van der Waals surface area contributed by atoms with E-state index in [1.54, 1.807) is 28.6 Å². The van der Waals surface area contributed by atoms with Crippen molar-refractivity contribution in [2.45, 2.75) is 30.2 Å². The lowest BCUT2D eigenvalue weighted by Crippen LogP contribution is -2.56. The van der Waals surface area contributed by atoms with Gasteiger partial charge in [-0.25, -0.2) is 8.42 Å². The third kappa shape index (κ3) is 2.55. The van der Waals surface area contributed by atoms with E-state index in [1.807, 2.05) is 0 Å². The standard InChI is InChI=1S/C14H21N3O2S/c15-12-4-6-14(7-5-12)20(18,19)17-10-9-16-8-2-1-3-13(16)11-17/h4-7,13H,1-3,8-11,15H2. The molecule has 0 saturated carbocycles. The number of sulfonamides is 1. The van der Waals surface area contributed by atoms with Crippen LogP contribution < -0.4 is 5.73 Å². The van der Waals surface area contributed by atoms with Crippen molar-refractivity contribution in [3.8, 4) is 0 Å². The van der Waals surface area contributed by atoms with Crippen LogP contribution in [0.15, 0.2) is 29.2 Å². The predicted octanol–water partition coefficient (Wildman–Crippen LogP) is 1.13. The van der Waals surface area contributed by atoms with Gasteiger partial charge in [-0.2, -0.15) is 4.31 Å². The van der Waals surface area contributed by atoms with Crippen molar-refractivity contribution in [1.82, 2.24) is 9.21 Å². The number of benzene rings is 1. The largest absolute Gasteiger partial charge is 0.399 e. The van der Waals surface area contributed by atoms with E-state index < -0.39 is 10.0 Å². The monoisotopic (exact) mass is 295 g/mol. The lowest BCUT2D eigenvalue weighted by molar-refractivity contribution is 0.0852. The summed E-state index contributed by atoms with van der Waals surface area (Å²) in [5.41, 5.74) is 6.21. The van der Waals surface area contributed by atoms with Gasteiger partial charge in [0.25, 0.3) is 0 Å². The molecule has 5 nitrogen and oxygen atoms in total. The second-order valence-corrected chi connectivity index (χ2v) is 7.56. The fraction of sp³-hybridized carbons (Fsp3) is 0.571. The smallest absolute Gasteiger partial charge is 0.243 e. The molecule has 1 unspecified atom stereocenters. The van der Waals surface area contributed by atoms with Crippen molar-refractivity contribution >= 4 is 15.7 Å². The SMILES string of the molecule is Nc1ccc(S(=O)(=O)N2CCN3CCCCC3C2)cc1. The van der Waals surface area contributed by atoms with Gasteiger partial charge in [-0.05, 0) is 43.7 Å². The van der Waals surface area contributed by atoms with Crippen molar-refractivity contribution in [3.05, 3.63) is 24.3 Å². The Morgan fingerprint density at radius 2 is 1.80 bits per heavy atom. The summed E-state index contributed by atoms with van der Waals surface area (Å²) in [6, 6.07) is 6.87. The van der Waals surface area contributed by atoms with Crippen molar-refractivity contribution in [2.75, 3.05) is 31.9 Å². The number of nitrogens with zero attached hydrogens (tertiary/aromatic N) is 2. The van der Waals surface area contributed by atoms with Crippen LogP contribution in [0.5, 0.6) is 0 Å². The molecule has 0 spiro atoms. The molecule has 0 amide bonds. The Morgan fingerprint density at radius 3 is 2.55 bits per heavy atom. The van der Waals surface area contributed by atoms with E-state index in [2.05, 4.69) is 4.90 Å². The number of fused-ring (bicyclic) bond motifs is 1. The molecule has 0 aliphatic carbocycles. The van der Waals surface area contributed by atoms with Crippen LogP contribution >= 0.6 is 0 Å².